The largest absolute Gasteiger partial charge is 0.480 e. The number of carbonyl (C=O) groups excluding carboxylic acids is 1. The molecule has 0 fully saturated rings. The number of carbonyl (C=O) groups is 2. The van der Waals surface area contributed by atoms with E-state index in [1.54, 1.807) is 0 Å². The summed E-state index contributed by atoms with van der Waals surface area (Å²) in [5, 5.41) is 10.7. The summed E-state index contributed by atoms with van der Waals surface area (Å²) in [6.07, 6.45) is 3.99. The highest BCUT2D eigenvalue weighted by Crippen LogP contribution is 2.01. The molecule has 0 saturated carbocycles. The van der Waals surface area contributed by atoms with Crippen LogP contribution in [0.3, 0.4) is 0 Å². The lowest BCUT2D eigenvalue weighted by Crippen LogP contribution is -2.49. The number of hydrogen-bond acceptors (Lipinski definition) is 3. The molecular weight excluding hydrogens is 174 g/mol. The maximum Gasteiger partial charge on any atom is 0.409 e. The zero-order valence-electron chi connectivity index (χ0n) is 7.46. The highest BCUT2D eigenvalue weighted by molar-refractivity contribution is 5.83. The van der Waals surface area contributed by atoms with Gasteiger partial charge >= 0.3 is 12.1 Å². The standard InChI is InChI=1S/C8H11NO4/c1-4-5-13-7(12)9-8(2,3)6(10)11/h1H,5H2,2-3H3,(H,9,12)(H,10,11). The Kier molecular flexibility index (Phi) is 3.79. The van der Waals surface area contributed by atoms with Crippen molar-refractivity contribution in [2.45, 2.75) is 19.4 Å². The minimum absolute atomic E-state index is 0.179. The maximum atomic E-state index is 10.8. The number of carboxylic acids is 1. The van der Waals surface area contributed by atoms with Crippen molar-refractivity contribution in [3.63, 3.8) is 0 Å². The second-order valence-corrected chi connectivity index (χ2v) is 2.84. The van der Waals surface area contributed by atoms with E-state index in [0.29, 0.717) is 0 Å². The van der Waals surface area contributed by atoms with E-state index in [4.69, 9.17) is 11.5 Å². The van der Waals surface area contributed by atoms with Crippen molar-refractivity contribution in [2.75, 3.05) is 6.61 Å². The Morgan fingerprint density at radius 1 is 1.62 bits per heavy atom. The van der Waals surface area contributed by atoms with Crippen LogP contribution in [0.4, 0.5) is 4.79 Å². The molecule has 0 heterocycles. The van der Waals surface area contributed by atoms with Gasteiger partial charge in [-0.3, -0.25) is 0 Å². The number of aliphatic carboxylic acids is 1. The van der Waals surface area contributed by atoms with Crippen LogP contribution in [0.2, 0.25) is 0 Å². The Balaban J connectivity index is 4.06. The lowest BCUT2D eigenvalue weighted by atomic mass is 10.1. The van der Waals surface area contributed by atoms with Gasteiger partial charge in [-0.1, -0.05) is 5.92 Å². The smallest absolute Gasteiger partial charge is 0.409 e. The molecule has 0 aromatic rings. The summed E-state index contributed by atoms with van der Waals surface area (Å²) in [6, 6.07) is 0. The van der Waals surface area contributed by atoms with Gasteiger partial charge in [0.15, 0.2) is 6.61 Å². The van der Waals surface area contributed by atoms with Gasteiger partial charge in [0.1, 0.15) is 5.54 Å². The molecule has 2 N–H and O–H groups in total. The molecular formula is C8H11NO4. The lowest BCUT2D eigenvalue weighted by molar-refractivity contribution is -0.143. The van der Waals surface area contributed by atoms with Crippen molar-refractivity contribution in [1.29, 1.82) is 0 Å². The number of amides is 1. The van der Waals surface area contributed by atoms with E-state index in [9.17, 15) is 9.59 Å². The molecule has 0 spiro atoms. The molecule has 0 radical (unpaired) electrons. The quantitative estimate of drug-likeness (QED) is 0.616. The Morgan fingerprint density at radius 2 is 2.15 bits per heavy atom. The molecule has 0 rings (SSSR count). The van der Waals surface area contributed by atoms with Crippen LogP contribution < -0.4 is 5.32 Å². The average molecular weight is 185 g/mol. The molecule has 5 heteroatoms. The van der Waals surface area contributed by atoms with Gasteiger partial charge in [-0.15, -0.1) is 6.42 Å². The molecule has 5 nitrogen and oxygen atoms in total. The number of nitrogens with one attached hydrogen (secondary N) is 1. The average Bonchev–Trinajstić information content (AvgIpc) is 1.99. The van der Waals surface area contributed by atoms with Crippen LogP contribution in [0.15, 0.2) is 0 Å². The zero-order valence-corrected chi connectivity index (χ0v) is 7.46. The minimum atomic E-state index is -1.36. The number of hydrogen-bond donors (Lipinski definition) is 2. The topological polar surface area (TPSA) is 75.6 Å². The van der Waals surface area contributed by atoms with E-state index < -0.39 is 17.6 Å². The molecule has 0 unspecified atom stereocenters. The minimum Gasteiger partial charge on any atom is -0.480 e. The fourth-order valence-electron chi connectivity index (χ4n) is 0.452. The molecule has 0 bridgehead atoms. The Hall–Kier alpha value is -1.70. The summed E-state index contributed by atoms with van der Waals surface area (Å²) in [4.78, 5) is 21.3. The maximum absolute atomic E-state index is 10.8. The number of ether oxygens (including phenoxy) is 1. The van der Waals surface area contributed by atoms with Gasteiger partial charge in [0.2, 0.25) is 0 Å². The molecule has 13 heavy (non-hydrogen) atoms. The Labute approximate surface area is 76.1 Å². The normalized spacial score (nSPS) is 9.92. The van der Waals surface area contributed by atoms with Crippen LogP contribution >= 0.6 is 0 Å². The molecule has 72 valence electrons. The second kappa shape index (κ2) is 4.36. The third kappa shape index (κ3) is 4.01. The van der Waals surface area contributed by atoms with E-state index >= 15 is 0 Å². The Bertz CT molecular complexity index is 251. The predicted molar refractivity (Wildman–Crippen MR) is 45.0 cm³/mol. The van der Waals surface area contributed by atoms with Gasteiger partial charge in [-0.05, 0) is 13.8 Å². The first kappa shape index (κ1) is 11.3. The van der Waals surface area contributed by atoms with Crippen LogP contribution in [0, 0.1) is 12.3 Å². The third-order valence-electron chi connectivity index (χ3n) is 1.24. The van der Waals surface area contributed by atoms with E-state index in [1.165, 1.54) is 13.8 Å². The SMILES string of the molecule is C#CCOC(=O)NC(C)(C)C(=O)O. The van der Waals surface area contributed by atoms with Gasteiger partial charge in [-0.25, -0.2) is 9.59 Å². The van der Waals surface area contributed by atoms with Gasteiger partial charge < -0.3 is 15.2 Å². The lowest BCUT2D eigenvalue weighted by Gasteiger charge is -2.19. The van der Waals surface area contributed by atoms with Crippen LogP contribution in [0.25, 0.3) is 0 Å². The van der Waals surface area contributed by atoms with Gasteiger partial charge in [-0.2, -0.15) is 0 Å². The van der Waals surface area contributed by atoms with E-state index in [2.05, 4.69) is 16.0 Å². The number of terminal acetylenes is 1. The van der Waals surface area contributed by atoms with Crippen molar-refractivity contribution in [3.8, 4) is 12.3 Å². The van der Waals surface area contributed by atoms with E-state index in [1.807, 2.05) is 0 Å². The first-order valence-electron chi connectivity index (χ1n) is 3.52. The third-order valence-corrected chi connectivity index (χ3v) is 1.24. The van der Waals surface area contributed by atoms with Gasteiger partial charge in [0.05, 0.1) is 0 Å². The molecule has 1 amide bonds. The molecule has 0 aliphatic carbocycles. The molecule has 0 atom stereocenters. The van der Waals surface area contributed by atoms with Crippen molar-refractivity contribution >= 4 is 12.1 Å². The van der Waals surface area contributed by atoms with E-state index in [0.717, 1.165) is 0 Å². The van der Waals surface area contributed by atoms with Crippen LogP contribution in [-0.2, 0) is 9.53 Å². The molecule has 0 aliphatic heterocycles. The monoisotopic (exact) mass is 185 g/mol. The fourth-order valence-corrected chi connectivity index (χ4v) is 0.452. The van der Waals surface area contributed by atoms with E-state index in [-0.39, 0.29) is 6.61 Å². The van der Waals surface area contributed by atoms with Crippen molar-refractivity contribution in [2.24, 2.45) is 0 Å². The summed E-state index contributed by atoms with van der Waals surface area (Å²) < 4.78 is 4.43. The fraction of sp³-hybridized carbons (Fsp3) is 0.500. The molecule has 0 aliphatic rings. The first-order chi connectivity index (χ1) is 5.90. The molecule has 0 aromatic carbocycles. The summed E-state index contributed by atoms with van der Waals surface area (Å²) in [6.45, 7) is 2.50. The predicted octanol–water partition coefficient (Wildman–Crippen LogP) is 0.209. The number of rotatable bonds is 3. The zero-order chi connectivity index (χ0) is 10.5. The van der Waals surface area contributed by atoms with Crippen LogP contribution in [0.5, 0.6) is 0 Å². The molecule has 0 saturated heterocycles. The van der Waals surface area contributed by atoms with Crippen molar-refractivity contribution in [1.82, 2.24) is 5.32 Å². The Morgan fingerprint density at radius 3 is 2.54 bits per heavy atom. The number of alkyl carbamates (subject to hydrolysis) is 1. The summed E-state index contributed by atoms with van der Waals surface area (Å²) in [5.41, 5.74) is -1.36. The number of carboxylic acid groups (broad SMARTS) is 1. The molecule has 0 aromatic heterocycles. The highest BCUT2D eigenvalue weighted by Gasteiger charge is 2.29. The van der Waals surface area contributed by atoms with Crippen molar-refractivity contribution in [3.05, 3.63) is 0 Å². The van der Waals surface area contributed by atoms with Crippen LogP contribution in [-0.4, -0.2) is 29.3 Å². The van der Waals surface area contributed by atoms with Gasteiger partial charge in [0.25, 0.3) is 0 Å². The second-order valence-electron chi connectivity index (χ2n) is 2.84. The summed E-state index contributed by atoms with van der Waals surface area (Å²) in [7, 11) is 0. The first-order valence-corrected chi connectivity index (χ1v) is 3.52. The summed E-state index contributed by atoms with van der Waals surface area (Å²) >= 11 is 0. The van der Waals surface area contributed by atoms with Crippen molar-refractivity contribution < 1.29 is 19.4 Å². The highest BCUT2D eigenvalue weighted by atomic mass is 16.5. The summed E-state index contributed by atoms with van der Waals surface area (Å²) in [5.74, 6) is 0.935. The van der Waals surface area contributed by atoms with Gasteiger partial charge in [0, 0.05) is 0 Å². The van der Waals surface area contributed by atoms with Crippen LogP contribution in [0.1, 0.15) is 13.8 Å².